The Hall–Kier alpha value is -5.79. The Bertz CT molecular complexity index is 2320. The van der Waals surface area contributed by atoms with Gasteiger partial charge in [-0.3, -0.25) is 0 Å². The topological polar surface area (TPSA) is 54.5 Å². The zero-order valence-electron chi connectivity index (χ0n) is 22.0. The summed E-state index contributed by atoms with van der Waals surface area (Å²) in [4.78, 5) is 10.1. The average molecular weight is 523 g/mol. The van der Waals surface area contributed by atoms with E-state index in [4.69, 9.17) is 9.97 Å². The molecule has 4 heteroatoms. The number of fused-ring (bicyclic) bond motifs is 5. The molecule has 8 aromatic rings. The van der Waals surface area contributed by atoms with E-state index in [2.05, 4.69) is 77.4 Å². The van der Waals surface area contributed by atoms with Gasteiger partial charge in [0.25, 0.3) is 0 Å². The molecule has 0 saturated carbocycles. The van der Waals surface area contributed by atoms with Crippen LogP contribution in [0, 0.1) is 11.3 Å². The van der Waals surface area contributed by atoms with E-state index in [-0.39, 0.29) is 0 Å². The maximum absolute atomic E-state index is 10.5. The molecule has 0 atom stereocenters. The molecule has 6 aromatic carbocycles. The van der Waals surface area contributed by atoms with Gasteiger partial charge < -0.3 is 4.57 Å². The van der Waals surface area contributed by atoms with Gasteiger partial charge in [0.05, 0.1) is 44.7 Å². The van der Waals surface area contributed by atoms with Gasteiger partial charge in [-0.15, -0.1) is 0 Å². The highest BCUT2D eigenvalue weighted by molar-refractivity contribution is 6.13. The fourth-order valence-corrected chi connectivity index (χ4v) is 5.88. The van der Waals surface area contributed by atoms with Crippen LogP contribution in [0.2, 0.25) is 0 Å². The minimum atomic E-state index is 0.576. The van der Waals surface area contributed by atoms with Crippen molar-refractivity contribution in [1.82, 2.24) is 14.5 Å². The minimum absolute atomic E-state index is 0.576. The number of nitriles is 1. The second-order valence-corrected chi connectivity index (χ2v) is 10.2. The van der Waals surface area contributed by atoms with E-state index in [9.17, 15) is 5.26 Å². The molecule has 0 aliphatic heterocycles. The lowest BCUT2D eigenvalue weighted by atomic mass is 10.0. The van der Waals surface area contributed by atoms with E-state index in [1.807, 2.05) is 66.7 Å². The quantitative estimate of drug-likeness (QED) is 0.232. The molecule has 0 N–H and O–H groups in total. The lowest BCUT2D eigenvalue weighted by molar-refractivity contribution is 1.17. The van der Waals surface area contributed by atoms with Crippen LogP contribution in [0.15, 0.2) is 133 Å². The first kappa shape index (κ1) is 23.1. The lowest BCUT2D eigenvalue weighted by Gasteiger charge is -2.14. The van der Waals surface area contributed by atoms with Crippen LogP contribution in [0.5, 0.6) is 0 Å². The second-order valence-electron chi connectivity index (χ2n) is 10.2. The molecule has 0 aliphatic rings. The Balaban J connectivity index is 1.39. The SMILES string of the molecule is N#Cc1cc(-c2nc3ccccc3nc2-c2ccccc2)ccc1-n1c2ccccc2c2cc3ccccc3cc21. The predicted molar refractivity (Wildman–Crippen MR) is 167 cm³/mol. The van der Waals surface area contributed by atoms with E-state index >= 15 is 0 Å². The summed E-state index contributed by atoms with van der Waals surface area (Å²) in [6, 6.07) is 47.8. The van der Waals surface area contributed by atoms with Crippen molar-refractivity contribution in [2.45, 2.75) is 0 Å². The Kier molecular flexibility index (Phi) is 5.16. The molecule has 0 radical (unpaired) electrons. The van der Waals surface area contributed by atoms with E-state index in [1.165, 1.54) is 10.8 Å². The van der Waals surface area contributed by atoms with Crippen molar-refractivity contribution in [3.63, 3.8) is 0 Å². The molecule has 0 unspecified atom stereocenters. The second kappa shape index (κ2) is 9.15. The molecule has 8 rings (SSSR count). The van der Waals surface area contributed by atoms with Gasteiger partial charge in [0.2, 0.25) is 0 Å². The highest BCUT2D eigenvalue weighted by Gasteiger charge is 2.18. The molecule has 0 fully saturated rings. The van der Waals surface area contributed by atoms with Gasteiger partial charge in [-0.25, -0.2) is 9.97 Å². The fraction of sp³-hybridized carbons (Fsp3) is 0. The van der Waals surface area contributed by atoms with Gasteiger partial charge >= 0.3 is 0 Å². The first-order valence-corrected chi connectivity index (χ1v) is 13.6. The summed E-state index contributed by atoms with van der Waals surface area (Å²) in [5.74, 6) is 0. The van der Waals surface area contributed by atoms with Crippen LogP contribution in [0.1, 0.15) is 5.56 Å². The van der Waals surface area contributed by atoms with Crippen molar-refractivity contribution in [1.29, 1.82) is 5.26 Å². The first-order valence-electron chi connectivity index (χ1n) is 13.6. The number of hydrogen-bond acceptors (Lipinski definition) is 3. The van der Waals surface area contributed by atoms with Crippen LogP contribution in [-0.4, -0.2) is 14.5 Å². The number of rotatable bonds is 3. The third-order valence-electron chi connectivity index (χ3n) is 7.79. The van der Waals surface area contributed by atoms with E-state index in [1.54, 1.807) is 0 Å². The smallest absolute Gasteiger partial charge is 0.101 e. The molecule has 41 heavy (non-hydrogen) atoms. The summed E-state index contributed by atoms with van der Waals surface area (Å²) in [6.07, 6.45) is 0. The molecule has 0 bridgehead atoms. The van der Waals surface area contributed by atoms with Crippen LogP contribution >= 0.6 is 0 Å². The molecular formula is C37H22N4. The monoisotopic (exact) mass is 522 g/mol. The Morgan fingerprint density at radius 1 is 0.512 bits per heavy atom. The first-order chi connectivity index (χ1) is 20.3. The van der Waals surface area contributed by atoms with Gasteiger partial charge in [-0.1, -0.05) is 91.0 Å². The van der Waals surface area contributed by atoms with Crippen LogP contribution in [0.3, 0.4) is 0 Å². The molecule has 2 aromatic heterocycles. The summed E-state index contributed by atoms with van der Waals surface area (Å²) in [6.45, 7) is 0. The van der Waals surface area contributed by atoms with Crippen LogP contribution in [0.4, 0.5) is 0 Å². The van der Waals surface area contributed by atoms with Crippen molar-refractivity contribution in [2.24, 2.45) is 0 Å². The van der Waals surface area contributed by atoms with Crippen LogP contribution < -0.4 is 0 Å². The third-order valence-corrected chi connectivity index (χ3v) is 7.79. The number of para-hydroxylation sites is 3. The number of hydrogen-bond donors (Lipinski definition) is 0. The van der Waals surface area contributed by atoms with Crippen molar-refractivity contribution in [3.05, 3.63) is 139 Å². The Morgan fingerprint density at radius 2 is 1.15 bits per heavy atom. The standard InChI is InChI=1S/C37H22N4/c38-23-28-20-27(37-36(24-10-2-1-3-11-24)39-31-15-7-8-16-32(31)40-37)18-19-33(28)41-34-17-9-6-14-29(34)30-21-25-12-4-5-13-26(25)22-35(30)41/h1-22H. The molecular weight excluding hydrogens is 500 g/mol. The normalized spacial score (nSPS) is 11.4. The average Bonchev–Trinajstić information content (AvgIpc) is 3.36. The zero-order chi connectivity index (χ0) is 27.3. The van der Waals surface area contributed by atoms with Crippen molar-refractivity contribution >= 4 is 43.6 Å². The number of benzene rings is 6. The molecule has 2 heterocycles. The molecule has 0 saturated heterocycles. The minimum Gasteiger partial charge on any atom is -0.308 e. The summed E-state index contributed by atoms with van der Waals surface area (Å²) in [5.41, 5.74) is 8.60. The third kappa shape index (κ3) is 3.68. The molecule has 0 spiro atoms. The van der Waals surface area contributed by atoms with Crippen molar-refractivity contribution in [2.75, 3.05) is 0 Å². The van der Waals surface area contributed by atoms with Gasteiger partial charge in [0, 0.05) is 21.9 Å². The summed E-state index contributed by atoms with van der Waals surface area (Å²) in [5, 5.41) is 15.2. The largest absolute Gasteiger partial charge is 0.308 e. The van der Waals surface area contributed by atoms with Crippen molar-refractivity contribution < 1.29 is 0 Å². The van der Waals surface area contributed by atoms with Gasteiger partial charge in [-0.2, -0.15) is 5.26 Å². The van der Waals surface area contributed by atoms with Crippen molar-refractivity contribution in [3.8, 4) is 34.3 Å². The maximum atomic E-state index is 10.5. The highest BCUT2D eigenvalue weighted by Crippen LogP contribution is 2.37. The predicted octanol–water partition coefficient (Wildman–Crippen LogP) is 9.09. The number of aromatic nitrogens is 3. The van der Waals surface area contributed by atoms with E-state index in [0.29, 0.717) is 5.56 Å². The Labute approximate surface area is 236 Å². The van der Waals surface area contributed by atoms with Crippen LogP contribution in [-0.2, 0) is 0 Å². The maximum Gasteiger partial charge on any atom is 0.101 e. The number of nitrogens with zero attached hydrogens (tertiary/aromatic N) is 4. The van der Waals surface area contributed by atoms with E-state index < -0.39 is 0 Å². The van der Waals surface area contributed by atoms with Gasteiger partial charge in [0.1, 0.15) is 6.07 Å². The van der Waals surface area contributed by atoms with Gasteiger partial charge in [-0.05, 0) is 53.2 Å². The zero-order valence-corrected chi connectivity index (χ0v) is 22.0. The van der Waals surface area contributed by atoms with E-state index in [0.717, 1.165) is 61.0 Å². The Morgan fingerprint density at radius 3 is 1.90 bits per heavy atom. The summed E-state index contributed by atoms with van der Waals surface area (Å²) in [7, 11) is 0. The summed E-state index contributed by atoms with van der Waals surface area (Å²) < 4.78 is 2.21. The van der Waals surface area contributed by atoms with Gasteiger partial charge in [0.15, 0.2) is 0 Å². The summed E-state index contributed by atoms with van der Waals surface area (Å²) >= 11 is 0. The molecule has 0 aliphatic carbocycles. The lowest BCUT2D eigenvalue weighted by Crippen LogP contribution is -2.00. The highest BCUT2D eigenvalue weighted by atomic mass is 15.0. The molecule has 4 nitrogen and oxygen atoms in total. The fourth-order valence-electron chi connectivity index (χ4n) is 5.88. The molecule has 0 amide bonds. The molecule has 190 valence electrons. The van der Waals surface area contributed by atoms with Crippen LogP contribution in [0.25, 0.3) is 71.8 Å².